The molecule has 0 spiro atoms. The maximum atomic E-state index is 13.0. The van der Waals surface area contributed by atoms with Crippen LogP contribution in [0.15, 0.2) is 36.5 Å². The minimum absolute atomic E-state index is 0.00224. The van der Waals surface area contributed by atoms with Crippen molar-refractivity contribution in [2.75, 3.05) is 19.8 Å². The molecule has 0 aromatic rings. The van der Waals surface area contributed by atoms with Crippen molar-refractivity contribution in [3.05, 3.63) is 36.5 Å². The Balaban J connectivity index is 1.90. The maximum absolute atomic E-state index is 13.0. The molecule has 0 aromatic carbocycles. The van der Waals surface area contributed by atoms with Crippen LogP contribution in [-0.2, 0) is 23.8 Å². The molecular formula is C72H135NO10. The number of nitrogens with one attached hydrogen (secondary N) is 1. The average Bonchev–Trinajstić information content (AvgIpc) is 3.58. The number of allylic oxidation sites excluding steroid dienone is 5. The third kappa shape index (κ3) is 50.6. The summed E-state index contributed by atoms with van der Waals surface area (Å²) >= 11 is 0. The van der Waals surface area contributed by atoms with Crippen molar-refractivity contribution in [1.29, 1.82) is 0 Å². The Morgan fingerprint density at radius 2 is 0.771 bits per heavy atom. The molecule has 1 amide bonds. The van der Waals surface area contributed by atoms with E-state index in [1.165, 1.54) is 263 Å². The van der Waals surface area contributed by atoms with Crippen molar-refractivity contribution in [3.63, 3.8) is 0 Å². The Bertz CT molecular complexity index is 1470. The number of amides is 1. The second-order valence-electron chi connectivity index (χ2n) is 24.9. The number of hydrogen-bond acceptors (Lipinski definition) is 10. The lowest BCUT2D eigenvalue weighted by molar-refractivity contribution is -0.302. The first kappa shape index (κ1) is 78.9. The highest BCUT2D eigenvalue weighted by atomic mass is 16.7. The van der Waals surface area contributed by atoms with Crippen LogP contribution >= 0.6 is 0 Å². The van der Waals surface area contributed by atoms with Gasteiger partial charge in [-0.25, -0.2) is 0 Å². The molecule has 7 unspecified atom stereocenters. The van der Waals surface area contributed by atoms with Crippen molar-refractivity contribution in [1.82, 2.24) is 5.32 Å². The zero-order chi connectivity index (χ0) is 60.2. The summed E-state index contributed by atoms with van der Waals surface area (Å²) in [4.78, 5) is 25.1. The first-order valence-electron chi connectivity index (χ1n) is 35.8. The fourth-order valence-corrected chi connectivity index (χ4v) is 11.3. The van der Waals surface area contributed by atoms with Gasteiger partial charge in [-0.3, -0.25) is 9.59 Å². The largest absolute Gasteiger partial charge is 0.466 e. The third-order valence-corrected chi connectivity index (χ3v) is 17.0. The summed E-state index contributed by atoms with van der Waals surface area (Å²) in [5.74, 6) is -0.178. The SMILES string of the molecule is CCCCCCC/C=C\CCCCCCCC(=O)OCCCCCCCCCCCCCC/C=C\CCCCCCCCCCCCCCCCCCC(=O)NC(COC1OC(CO)C(O)C(O)C1O)C(O)/C=C/CCCCCCCCC. The monoisotopic (exact) mass is 1170 g/mol. The van der Waals surface area contributed by atoms with Gasteiger partial charge in [0, 0.05) is 12.8 Å². The van der Waals surface area contributed by atoms with Crippen LogP contribution in [0, 0.1) is 0 Å². The molecule has 1 saturated heterocycles. The van der Waals surface area contributed by atoms with Crippen LogP contribution in [0.2, 0.25) is 0 Å². The quantitative estimate of drug-likeness (QED) is 0.0195. The molecule has 1 heterocycles. The fraction of sp³-hybridized carbons (Fsp3) is 0.889. The van der Waals surface area contributed by atoms with Gasteiger partial charge < -0.3 is 45.1 Å². The van der Waals surface area contributed by atoms with Crippen LogP contribution in [0.5, 0.6) is 0 Å². The highest BCUT2D eigenvalue weighted by Gasteiger charge is 2.44. The molecule has 11 heteroatoms. The Morgan fingerprint density at radius 3 is 1.16 bits per heavy atom. The lowest BCUT2D eigenvalue weighted by Gasteiger charge is -2.40. The van der Waals surface area contributed by atoms with E-state index >= 15 is 0 Å². The summed E-state index contributed by atoms with van der Waals surface area (Å²) in [6.07, 6.45) is 68.7. The van der Waals surface area contributed by atoms with E-state index in [1.54, 1.807) is 6.08 Å². The number of aliphatic hydroxyl groups excluding tert-OH is 5. The molecule has 1 aliphatic rings. The Labute approximate surface area is 511 Å². The molecule has 1 fully saturated rings. The summed E-state index contributed by atoms with van der Waals surface area (Å²) in [7, 11) is 0. The molecular weight excluding hydrogens is 1040 g/mol. The second-order valence-corrected chi connectivity index (χ2v) is 24.9. The minimum atomic E-state index is -1.57. The van der Waals surface area contributed by atoms with Gasteiger partial charge in [-0.15, -0.1) is 0 Å². The number of esters is 1. The van der Waals surface area contributed by atoms with Crippen LogP contribution in [0.1, 0.15) is 348 Å². The number of carbonyl (C=O) groups is 2. The molecule has 11 nitrogen and oxygen atoms in total. The van der Waals surface area contributed by atoms with Crippen molar-refractivity contribution < 1.29 is 49.3 Å². The van der Waals surface area contributed by atoms with Gasteiger partial charge in [0.05, 0.1) is 32.0 Å². The number of hydrogen-bond donors (Lipinski definition) is 6. The lowest BCUT2D eigenvalue weighted by Crippen LogP contribution is -2.60. The fourth-order valence-electron chi connectivity index (χ4n) is 11.3. The number of aliphatic hydroxyl groups is 5. The van der Waals surface area contributed by atoms with Crippen molar-refractivity contribution in [2.45, 2.75) is 391 Å². The van der Waals surface area contributed by atoms with Crippen LogP contribution in [0.25, 0.3) is 0 Å². The van der Waals surface area contributed by atoms with Crippen molar-refractivity contribution >= 4 is 11.9 Å². The smallest absolute Gasteiger partial charge is 0.305 e. The highest BCUT2D eigenvalue weighted by Crippen LogP contribution is 2.23. The predicted octanol–water partition coefficient (Wildman–Crippen LogP) is 18.2. The Kier molecular flexibility index (Phi) is 58.5. The van der Waals surface area contributed by atoms with E-state index in [4.69, 9.17) is 14.2 Å². The van der Waals surface area contributed by atoms with Gasteiger partial charge in [0.25, 0.3) is 0 Å². The van der Waals surface area contributed by atoms with Gasteiger partial charge >= 0.3 is 5.97 Å². The molecule has 0 saturated carbocycles. The van der Waals surface area contributed by atoms with Crippen LogP contribution < -0.4 is 5.32 Å². The lowest BCUT2D eigenvalue weighted by atomic mass is 9.99. The van der Waals surface area contributed by atoms with E-state index in [1.807, 2.05) is 6.08 Å². The summed E-state index contributed by atoms with van der Waals surface area (Å²) in [6.45, 7) is 4.33. The van der Waals surface area contributed by atoms with Gasteiger partial charge in [0.15, 0.2) is 6.29 Å². The summed E-state index contributed by atoms with van der Waals surface area (Å²) in [5, 5.41) is 54.3. The molecule has 488 valence electrons. The minimum Gasteiger partial charge on any atom is -0.466 e. The molecule has 0 aliphatic carbocycles. The van der Waals surface area contributed by atoms with E-state index in [-0.39, 0.29) is 18.5 Å². The summed E-state index contributed by atoms with van der Waals surface area (Å²) in [6, 6.07) is -0.806. The zero-order valence-electron chi connectivity index (χ0n) is 54.2. The van der Waals surface area contributed by atoms with Gasteiger partial charge in [0.2, 0.25) is 5.91 Å². The molecule has 0 aromatic heterocycles. The Hall–Kier alpha value is -2.12. The maximum Gasteiger partial charge on any atom is 0.305 e. The van der Waals surface area contributed by atoms with Gasteiger partial charge in [-0.05, 0) is 83.5 Å². The number of unbranched alkanes of at least 4 members (excludes halogenated alkanes) is 45. The number of rotatable bonds is 63. The van der Waals surface area contributed by atoms with Gasteiger partial charge in [0.1, 0.15) is 24.4 Å². The average molecular weight is 1170 g/mol. The predicted molar refractivity (Wildman–Crippen MR) is 347 cm³/mol. The highest BCUT2D eigenvalue weighted by molar-refractivity contribution is 5.76. The zero-order valence-corrected chi connectivity index (χ0v) is 54.2. The standard InChI is InChI=1S/C72H135NO10/c1-3-5-7-9-11-13-14-15-37-40-44-48-52-56-60-68(77)81-61-57-53-49-45-41-38-35-33-31-29-27-25-23-21-19-17-16-18-20-22-24-26-28-30-32-34-36-39-43-47-51-55-59-67(76)73-64(65(75)58-54-50-46-42-12-10-8-6-4-2)63-82-72-71(80)70(79)69(78)66(62-74)83-72/h14-15,19,21,54,58,64-66,69-72,74-75,78-80H,3-13,16-18,20,22-53,55-57,59-63H2,1-2H3,(H,73,76)/b15-14-,21-19-,58-54+. The van der Waals surface area contributed by atoms with Crippen molar-refractivity contribution in [2.24, 2.45) is 0 Å². The number of ether oxygens (including phenoxy) is 3. The van der Waals surface area contributed by atoms with Crippen LogP contribution in [0.3, 0.4) is 0 Å². The molecule has 6 N–H and O–H groups in total. The molecule has 83 heavy (non-hydrogen) atoms. The van der Waals surface area contributed by atoms with E-state index in [0.29, 0.717) is 19.4 Å². The first-order chi connectivity index (χ1) is 40.7. The van der Waals surface area contributed by atoms with Crippen LogP contribution in [0.4, 0.5) is 0 Å². The summed E-state index contributed by atoms with van der Waals surface area (Å²) < 4.78 is 16.7. The van der Waals surface area contributed by atoms with E-state index in [9.17, 15) is 35.1 Å². The third-order valence-electron chi connectivity index (χ3n) is 17.0. The van der Waals surface area contributed by atoms with E-state index in [0.717, 1.165) is 57.8 Å². The van der Waals surface area contributed by atoms with Crippen molar-refractivity contribution in [3.8, 4) is 0 Å². The topological polar surface area (TPSA) is 175 Å². The second kappa shape index (κ2) is 61.5. The van der Waals surface area contributed by atoms with Gasteiger partial charge in [-0.2, -0.15) is 0 Å². The molecule has 0 radical (unpaired) electrons. The summed E-state index contributed by atoms with van der Waals surface area (Å²) in [5.41, 5.74) is 0. The van der Waals surface area contributed by atoms with Gasteiger partial charge in [-0.1, -0.05) is 288 Å². The molecule has 7 atom stereocenters. The van der Waals surface area contributed by atoms with Crippen LogP contribution in [-0.4, -0.2) is 100 Å². The van der Waals surface area contributed by atoms with E-state index in [2.05, 4.69) is 43.5 Å². The number of carbonyl (C=O) groups excluding carboxylic acids is 2. The normalized spacial score (nSPS) is 18.3. The van der Waals surface area contributed by atoms with E-state index < -0.39 is 49.5 Å². The Morgan fingerprint density at radius 1 is 0.434 bits per heavy atom. The molecule has 1 rings (SSSR count). The molecule has 1 aliphatic heterocycles. The first-order valence-corrected chi connectivity index (χ1v) is 35.8. The molecule has 0 bridgehead atoms.